The molecule has 0 bridgehead atoms. The second-order valence-corrected chi connectivity index (χ2v) is 8.19. The molecule has 1 aliphatic carbocycles. The number of aromatic nitrogens is 2. The van der Waals surface area contributed by atoms with Crippen LogP contribution in [0.2, 0.25) is 0 Å². The van der Waals surface area contributed by atoms with Crippen LogP contribution in [-0.2, 0) is 11.3 Å². The third-order valence-corrected chi connectivity index (χ3v) is 6.40. The van der Waals surface area contributed by atoms with Gasteiger partial charge >= 0.3 is 0 Å². The van der Waals surface area contributed by atoms with Crippen molar-refractivity contribution in [2.75, 3.05) is 39.3 Å². The normalized spacial score (nSPS) is 26.2. The fourth-order valence-electron chi connectivity index (χ4n) is 4.85. The average Bonchev–Trinajstić information content (AvgIpc) is 3.30. The van der Waals surface area contributed by atoms with E-state index >= 15 is 0 Å². The Bertz CT molecular complexity index is 589. The van der Waals surface area contributed by atoms with E-state index in [2.05, 4.69) is 26.3 Å². The van der Waals surface area contributed by atoms with Crippen molar-refractivity contribution < 1.29 is 4.79 Å². The number of hydrogen-bond donors (Lipinski definition) is 1. The molecule has 26 heavy (non-hydrogen) atoms. The van der Waals surface area contributed by atoms with Gasteiger partial charge in [0.25, 0.3) is 0 Å². The van der Waals surface area contributed by atoms with Crippen LogP contribution >= 0.6 is 0 Å². The van der Waals surface area contributed by atoms with Gasteiger partial charge in [-0.2, -0.15) is 5.10 Å². The van der Waals surface area contributed by atoms with Crippen LogP contribution in [0.1, 0.15) is 56.6 Å². The minimum Gasteiger partial charge on any atom is -0.340 e. The summed E-state index contributed by atoms with van der Waals surface area (Å²) in [7, 11) is 0. The maximum absolute atomic E-state index is 12.8. The summed E-state index contributed by atoms with van der Waals surface area (Å²) in [6.07, 6.45) is 10.9. The molecule has 1 amide bonds. The lowest BCUT2D eigenvalue weighted by Gasteiger charge is -2.27. The lowest BCUT2D eigenvalue weighted by atomic mass is 9.97. The molecule has 4 rings (SSSR count). The van der Waals surface area contributed by atoms with E-state index in [0.717, 1.165) is 57.4 Å². The minimum atomic E-state index is 0.217. The van der Waals surface area contributed by atoms with E-state index < -0.39 is 0 Å². The number of rotatable bonds is 4. The minimum absolute atomic E-state index is 0.217. The highest BCUT2D eigenvalue weighted by molar-refractivity contribution is 5.75. The van der Waals surface area contributed by atoms with Crippen molar-refractivity contribution >= 4 is 5.91 Å². The molecule has 6 nitrogen and oxygen atoms in total. The summed E-state index contributed by atoms with van der Waals surface area (Å²) in [4.78, 5) is 17.4. The van der Waals surface area contributed by atoms with Gasteiger partial charge in [-0.3, -0.25) is 14.4 Å². The molecule has 3 heterocycles. The van der Waals surface area contributed by atoms with Gasteiger partial charge in [-0.15, -0.1) is 0 Å². The van der Waals surface area contributed by atoms with Gasteiger partial charge in [0.15, 0.2) is 0 Å². The Hall–Kier alpha value is -1.40. The van der Waals surface area contributed by atoms with Crippen LogP contribution in [0.25, 0.3) is 0 Å². The molecule has 0 radical (unpaired) electrons. The molecule has 1 aromatic heterocycles. The maximum atomic E-state index is 12.8. The van der Waals surface area contributed by atoms with Crippen molar-refractivity contribution in [3.05, 3.63) is 18.0 Å². The highest BCUT2D eigenvalue weighted by atomic mass is 16.2. The van der Waals surface area contributed by atoms with Crippen LogP contribution in [0.5, 0.6) is 0 Å². The molecule has 2 saturated heterocycles. The molecule has 2 aliphatic heterocycles. The van der Waals surface area contributed by atoms with E-state index in [4.69, 9.17) is 0 Å². The Morgan fingerprint density at radius 2 is 1.96 bits per heavy atom. The Morgan fingerprint density at radius 3 is 2.77 bits per heavy atom. The van der Waals surface area contributed by atoms with Gasteiger partial charge in [-0.1, -0.05) is 12.8 Å². The third kappa shape index (κ3) is 4.29. The number of carbonyl (C=O) groups excluding carboxylic acids is 1. The number of carbonyl (C=O) groups is 1. The molecule has 1 N–H and O–H groups in total. The number of hydrogen-bond acceptors (Lipinski definition) is 4. The van der Waals surface area contributed by atoms with Crippen LogP contribution in [-0.4, -0.2) is 70.8 Å². The molecule has 144 valence electrons. The monoisotopic (exact) mass is 359 g/mol. The zero-order valence-corrected chi connectivity index (χ0v) is 15.9. The lowest BCUT2D eigenvalue weighted by Crippen LogP contribution is -2.39. The summed E-state index contributed by atoms with van der Waals surface area (Å²) in [5.41, 5.74) is 1.13. The average molecular weight is 360 g/mol. The Balaban J connectivity index is 1.29. The largest absolute Gasteiger partial charge is 0.340 e. The first kappa shape index (κ1) is 18.0. The zero-order chi connectivity index (χ0) is 17.8. The number of nitrogens with one attached hydrogen (secondary N) is 1. The molecule has 6 heteroatoms. The van der Waals surface area contributed by atoms with Gasteiger partial charge in [0.05, 0.1) is 5.69 Å². The van der Waals surface area contributed by atoms with Crippen molar-refractivity contribution in [1.29, 1.82) is 0 Å². The maximum Gasteiger partial charge on any atom is 0.244 e. The van der Waals surface area contributed by atoms with E-state index in [1.54, 1.807) is 0 Å². The quantitative estimate of drug-likeness (QED) is 0.891. The predicted molar refractivity (Wildman–Crippen MR) is 102 cm³/mol. The molecule has 3 fully saturated rings. The molecule has 1 aromatic rings. The van der Waals surface area contributed by atoms with Crippen molar-refractivity contribution in [3.63, 3.8) is 0 Å². The van der Waals surface area contributed by atoms with Gasteiger partial charge in [0.1, 0.15) is 6.54 Å². The Kier molecular flexibility index (Phi) is 5.90. The summed E-state index contributed by atoms with van der Waals surface area (Å²) in [6, 6.07) is 2.86. The van der Waals surface area contributed by atoms with E-state index in [1.807, 2.05) is 10.9 Å². The van der Waals surface area contributed by atoms with Crippen LogP contribution in [0.15, 0.2) is 12.3 Å². The molecule has 1 atom stereocenters. The van der Waals surface area contributed by atoms with Gasteiger partial charge in [-0.05, 0) is 44.7 Å². The predicted octanol–water partition coefficient (Wildman–Crippen LogP) is 1.83. The number of piperidine rings is 1. The molecular formula is C20H33N5O. The highest BCUT2D eigenvalue weighted by Gasteiger charge is 2.26. The first-order valence-corrected chi connectivity index (χ1v) is 10.6. The molecule has 3 aliphatic rings. The summed E-state index contributed by atoms with van der Waals surface area (Å²) >= 11 is 0. The summed E-state index contributed by atoms with van der Waals surface area (Å²) in [6.45, 7) is 6.45. The summed E-state index contributed by atoms with van der Waals surface area (Å²) in [5.74, 6) is 0.716. The second-order valence-electron chi connectivity index (χ2n) is 8.19. The number of nitrogens with zero attached hydrogens (tertiary/aromatic N) is 4. The van der Waals surface area contributed by atoms with Crippen LogP contribution < -0.4 is 5.32 Å². The topological polar surface area (TPSA) is 53.4 Å². The lowest BCUT2D eigenvalue weighted by molar-refractivity contribution is -0.131. The molecule has 0 unspecified atom stereocenters. The van der Waals surface area contributed by atoms with E-state index in [1.165, 1.54) is 38.5 Å². The van der Waals surface area contributed by atoms with Gasteiger partial charge in [0, 0.05) is 50.9 Å². The molecule has 1 saturated carbocycles. The summed E-state index contributed by atoms with van der Waals surface area (Å²) < 4.78 is 1.84. The van der Waals surface area contributed by atoms with E-state index in [9.17, 15) is 4.79 Å². The SMILES string of the molecule is O=C(Cn1ccc([C@@H]2CCCNC2)n1)N1CCCN(C2CCCC2)CC1. The van der Waals surface area contributed by atoms with Crippen LogP contribution in [0.4, 0.5) is 0 Å². The Labute approximate surface area is 156 Å². The van der Waals surface area contributed by atoms with Crippen molar-refractivity contribution in [2.45, 2.75) is 63.5 Å². The van der Waals surface area contributed by atoms with Gasteiger partial charge in [0.2, 0.25) is 5.91 Å². The van der Waals surface area contributed by atoms with Crippen LogP contribution in [0.3, 0.4) is 0 Å². The standard InChI is InChI=1S/C20H33N5O/c26-20(16-25-12-8-19(22-25)17-5-3-9-21-15-17)24-11-4-10-23(13-14-24)18-6-1-2-7-18/h8,12,17-18,21H,1-7,9-11,13-16H2/t17-/m1/s1. The third-order valence-electron chi connectivity index (χ3n) is 6.40. The zero-order valence-electron chi connectivity index (χ0n) is 15.9. The van der Waals surface area contributed by atoms with Gasteiger partial charge < -0.3 is 10.2 Å². The van der Waals surface area contributed by atoms with Crippen molar-refractivity contribution in [2.24, 2.45) is 0 Å². The summed E-state index contributed by atoms with van der Waals surface area (Å²) in [5, 5.41) is 8.13. The van der Waals surface area contributed by atoms with E-state index in [-0.39, 0.29) is 5.91 Å². The molecular weight excluding hydrogens is 326 g/mol. The van der Waals surface area contributed by atoms with Crippen molar-refractivity contribution in [3.8, 4) is 0 Å². The second kappa shape index (κ2) is 8.53. The first-order chi connectivity index (χ1) is 12.8. The van der Waals surface area contributed by atoms with Crippen molar-refractivity contribution in [1.82, 2.24) is 24.9 Å². The molecule has 0 spiro atoms. The first-order valence-electron chi connectivity index (χ1n) is 10.6. The fraction of sp³-hybridized carbons (Fsp3) is 0.800. The van der Waals surface area contributed by atoms with Gasteiger partial charge in [-0.25, -0.2) is 0 Å². The smallest absolute Gasteiger partial charge is 0.244 e. The molecule has 0 aromatic carbocycles. The van der Waals surface area contributed by atoms with Crippen LogP contribution in [0, 0.1) is 0 Å². The van der Waals surface area contributed by atoms with E-state index in [0.29, 0.717) is 12.5 Å². The highest BCUT2D eigenvalue weighted by Crippen LogP contribution is 2.24. The Morgan fingerprint density at radius 1 is 1.08 bits per heavy atom. The number of amides is 1. The fourth-order valence-corrected chi connectivity index (χ4v) is 4.85.